The Hall–Kier alpha value is -3.23. The van der Waals surface area contributed by atoms with Crippen LogP contribution >= 0.6 is 0 Å². The highest BCUT2D eigenvalue weighted by Crippen LogP contribution is 2.15. The Bertz CT molecular complexity index is 656. The van der Waals surface area contributed by atoms with Crippen molar-refractivity contribution in [3.63, 3.8) is 0 Å². The molecule has 0 spiro atoms. The second-order valence-corrected chi connectivity index (χ2v) is 4.19. The number of nitrogens with one attached hydrogen (secondary N) is 2. The van der Waals surface area contributed by atoms with Gasteiger partial charge in [-0.25, -0.2) is 15.6 Å². The molecule has 0 saturated heterocycles. The highest BCUT2D eigenvalue weighted by Gasteiger charge is 2.28. The summed E-state index contributed by atoms with van der Waals surface area (Å²) in [7, 11) is 0. The van der Waals surface area contributed by atoms with E-state index >= 15 is 0 Å². The zero-order valence-corrected chi connectivity index (χ0v) is 11.2. The number of amides is 2. The molecule has 1 atom stereocenters. The Balaban J connectivity index is 1.98. The average Bonchev–Trinajstić information content (AvgIpc) is 2.92. The van der Waals surface area contributed by atoms with Crippen molar-refractivity contribution in [2.24, 2.45) is 16.1 Å². The lowest BCUT2D eigenvalue weighted by atomic mass is 10.1. The van der Waals surface area contributed by atoms with E-state index < -0.39 is 30.3 Å². The molecule has 2 rings (SSSR count). The van der Waals surface area contributed by atoms with Crippen LogP contribution in [0.25, 0.3) is 0 Å². The second-order valence-electron chi connectivity index (χ2n) is 4.19. The number of hydrogen-bond donors (Lipinski definition) is 3. The van der Waals surface area contributed by atoms with Crippen molar-refractivity contribution >= 4 is 30.2 Å². The maximum atomic E-state index is 11.7. The number of carboxylic acids is 1. The lowest BCUT2D eigenvalue weighted by Crippen LogP contribution is -2.34. The number of benzene rings is 1. The molecular weight excluding hydrogens is 292 g/mol. The molecule has 1 aliphatic heterocycles. The second kappa shape index (κ2) is 6.97. The lowest BCUT2D eigenvalue weighted by Gasteiger charge is -2.06. The fraction of sp³-hybridized carbons (Fsp3) is 0.154. The third-order valence-electron chi connectivity index (χ3n) is 2.61. The number of rotatable bonds is 6. The number of carbonyl (C=O) groups excluding carboxylic acids is 2. The van der Waals surface area contributed by atoms with Gasteiger partial charge < -0.3 is 9.84 Å². The molecule has 114 valence electrons. The van der Waals surface area contributed by atoms with Crippen LogP contribution < -0.4 is 15.6 Å². The van der Waals surface area contributed by atoms with Crippen LogP contribution in [0.15, 0.2) is 34.5 Å². The Labute approximate surface area is 124 Å². The summed E-state index contributed by atoms with van der Waals surface area (Å²) in [4.78, 5) is 33.4. The zero-order chi connectivity index (χ0) is 15.9. The molecule has 0 saturated carbocycles. The van der Waals surface area contributed by atoms with Crippen LogP contribution in [0.5, 0.6) is 5.75 Å². The van der Waals surface area contributed by atoms with Crippen LogP contribution in [0.4, 0.5) is 0 Å². The number of nitrogens with zero attached hydrogens (tertiary/aromatic N) is 2. The first kappa shape index (κ1) is 15.2. The maximum Gasteiger partial charge on any atom is 0.341 e. The van der Waals surface area contributed by atoms with E-state index in [1.165, 1.54) is 12.4 Å². The number of carboxylic acid groups (broad SMARTS) is 1. The molecule has 0 bridgehead atoms. The van der Waals surface area contributed by atoms with Gasteiger partial charge in [-0.2, -0.15) is 10.2 Å². The van der Waals surface area contributed by atoms with Gasteiger partial charge in [-0.15, -0.1) is 0 Å². The monoisotopic (exact) mass is 304 g/mol. The topological polar surface area (TPSA) is 129 Å². The van der Waals surface area contributed by atoms with E-state index in [0.29, 0.717) is 11.3 Å². The SMILES string of the molecule is O=C(O)COc1ccccc1/C=N/NC(=O)C1C=NNC1=O. The molecule has 1 aliphatic rings. The average molecular weight is 304 g/mol. The summed E-state index contributed by atoms with van der Waals surface area (Å²) < 4.78 is 5.08. The molecule has 3 N–H and O–H groups in total. The molecule has 1 aromatic rings. The largest absolute Gasteiger partial charge is 0.481 e. The Morgan fingerprint density at radius 3 is 2.91 bits per heavy atom. The normalized spacial score (nSPS) is 16.5. The van der Waals surface area contributed by atoms with Gasteiger partial charge in [0.2, 0.25) is 0 Å². The van der Waals surface area contributed by atoms with Gasteiger partial charge in [0.05, 0.1) is 6.21 Å². The molecule has 1 aromatic carbocycles. The minimum Gasteiger partial charge on any atom is -0.481 e. The van der Waals surface area contributed by atoms with Gasteiger partial charge in [-0.3, -0.25) is 9.59 Å². The van der Waals surface area contributed by atoms with Crippen LogP contribution in [0.3, 0.4) is 0 Å². The first-order valence-electron chi connectivity index (χ1n) is 6.17. The Kier molecular flexibility index (Phi) is 4.81. The molecule has 22 heavy (non-hydrogen) atoms. The van der Waals surface area contributed by atoms with E-state index in [9.17, 15) is 14.4 Å². The Morgan fingerprint density at radius 2 is 2.23 bits per heavy atom. The van der Waals surface area contributed by atoms with Crippen molar-refractivity contribution in [1.29, 1.82) is 0 Å². The molecule has 0 fully saturated rings. The van der Waals surface area contributed by atoms with Gasteiger partial charge in [0, 0.05) is 11.8 Å². The van der Waals surface area contributed by atoms with Crippen molar-refractivity contribution < 1.29 is 24.2 Å². The number of ether oxygens (including phenoxy) is 1. The van der Waals surface area contributed by atoms with E-state index in [0.717, 1.165) is 0 Å². The summed E-state index contributed by atoms with van der Waals surface area (Å²) in [6, 6.07) is 6.58. The van der Waals surface area contributed by atoms with E-state index in [-0.39, 0.29) is 0 Å². The van der Waals surface area contributed by atoms with Gasteiger partial charge in [0.15, 0.2) is 12.5 Å². The van der Waals surface area contributed by atoms with Gasteiger partial charge in [-0.05, 0) is 12.1 Å². The molecule has 9 nitrogen and oxygen atoms in total. The van der Waals surface area contributed by atoms with Crippen LogP contribution in [-0.2, 0) is 14.4 Å². The summed E-state index contributed by atoms with van der Waals surface area (Å²) in [6.45, 7) is -0.490. The summed E-state index contributed by atoms with van der Waals surface area (Å²) >= 11 is 0. The van der Waals surface area contributed by atoms with Crippen LogP contribution in [0, 0.1) is 5.92 Å². The minimum atomic E-state index is -1.11. The van der Waals surface area contributed by atoms with Gasteiger partial charge in [-0.1, -0.05) is 12.1 Å². The number of hydrogen-bond acceptors (Lipinski definition) is 6. The van der Waals surface area contributed by atoms with Crippen molar-refractivity contribution in [3.05, 3.63) is 29.8 Å². The highest BCUT2D eigenvalue weighted by molar-refractivity contribution is 6.15. The zero-order valence-electron chi connectivity index (χ0n) is 11.2. The third-order valence-corrected chi connectivity index (χ3v) is 2.61. The minimum absolute atomic E-state index is 0.308. The predicted octanol–water partition coefficient (Wildman–Crippen LogP) is -0.668. The molecule has 1 heterocycles. The van der Waals surface area contributed by atoms with E-state index in [4.69, 9.17) is 9.84 Å². The fourth-order valence-electron chi connectivity index (χ4n) is 1.59. The summed E-state index contributed by atoms with van der Waals surface area (Å²) in [5, 5.41) is 15.8. The summed E-state index contributed by atoms with van der Waals surface area (Å²) in [5.74, 6) is -2.97. The van der Waals surface area contributed by atoms with Crippen molar-refractivity contribution in [2.75, 3.05) is 6.61 Å². The first-order chi connectivity index (χ1) is 10.6. The smallest absolute Gasteiger partial charge is 0.341 e. The Morgan fingerprint density at radius 1 is 1.45 bits per heavy atom. The fourth-order valence-corrected chi connectivity index (χ4v) is 1.59. The van der Waals surface area contributed by atoms with E-state index in [1.807, 2.05) is 0 Å². The number of hydrazone groups is 2. The number of carbonyl (C=O) groups is 3. The molecule has 0 aliphatic carbocycles. The lowest BCUT2D eigenvalue weighted by molar-refractivity contribution is -0.139. The van der Waals surface area contributed by atoms with Gasteiger partial charge >= 0.3 is 5.97 Å². The van der Waals surface area contributed by atoms with Crippen molar-refractivity contribution in [2.45, 2.75) is 0 Å². The predicted molar refractivity (Wildman–Crippen MR) is 75.4 cm³/mol. The highest BCUT2D eigenvalue weighted by atomic mass is 16.5. The van der Waals surface area contributed by atoms with Crippen LogP contribution in [-0.4, -0.2) is 41.9 Å². The summed E-state index contributed by atoms with van der Waals surface area (Å²) in [6.07, 6.45) is 2.47. The van der Waals surface area contributed by atoms with Gasteiger partial charge in [0.25, 0.3) is 11.8 Å². The summed E-state index contributed by atoms with van der Waals surface area (Å²) in [5.41, 5.74) is 4.82. The number of aliphatic carboxylic acids is 1. The standard InChI is InChI=1S/C13H12N4O5/c18-11(19)7-22-10-4-2-1-3-8(10)5-14-16-12(20)9-6-15-17-13(9)21/h1-6,9H,7H2,(H,16,20)(H,17,21)(H,18,19)/b14-5+. The third kappa shape index (κ3) is 3.88. The molecule has 9 heteroatoms. The van der Waals surface area contributed by atoms with E-state index in [2.05, 4.69) is 21.1 Å². The van der Waals surface area contributed by atoms with Crippen LogP contribution in [0.2, 0.25) is 0 Å². The molecule has 0 aromatic heterocycles. The molecular formula is C13H12N4O5. The first-order valence-corrected chi connectivity index (χ1v) is 6.17. The number of para-hydroxylation sites is 1. The van der Waals surface area contributed by atoms with Gasteiger partial charge in [0.1, 0.15) is 5.75 Å². The maximum absolute atomic E-state index is 11.7. The molecule has 2 amide bonds. The molecule has 0 radical (unpaired) electrons. The quantitative estimate of drug-likeness (QED) is 0.365. The van der Waals surface area contributed by atoms with Crippen molar-refractivity contribution in [3.8, 4) is 5.75 Å². The van der Waals surface area contributed by atoms with Crippen molar-refractivity contribution in [1.82, 2.24) is 10.9 Å². The van der Waals surface area contributed by atoms with Crippen LogP contribution in [0.1, 0.15) is 5.56 Å². The van der Waals surface area contributed by atoms with E-state index in [1.54, 1.807) is 24.3 Å². The molecule has 1 unspecified atom stereocenters.